The first kappa shape index (κ1) is 66.7. The van der Waals surface area contributed by atoms with Gasteiger partial charge in [0.1, 0.15) is 23.7 Å². The van der Waals surface area contributed by atoms with Crippen molar-refractivity contribution in [3.63, 3.8) is 0 Å². The lowest BCUT2D eigenvalue weighted by Gasteiger charge is -2.26. The quantitative estimate of drug-likeness (QED) is 0.0473. The Kier molecular flexibility index (Phi) is 46.1. The second kappa shape index (κ2) is 50.4. The van der Waals surface area contributed by atoms with Crippen LogP contribution in [0.2, 0.25) is 0 Å². The van der Waals surface area contributed by atoms with E-state index in [-0.39, 0.29) is 39.6 Å². The highest BCUT2D eigenvalue weighted by molar-refractivity contribution is 5.49. The van der Waals surface area contributed by atoms with Gasteiger partial charge in [0.2, 0.25) is 0 Å². The van der Waals surface area contributed by atoms with E-state index in [0.717, 1.165) is 60.8 Å². The van der Waals surface area contributed by atoms with E-state index in [2.05, 4.69) is 26.0 Å². The summed E-state index contributed by atoms with van der Waals surface area (Å²) in [7, 11) is 0. The summed E-state index contributed by atoms with van der Waals surface area (Å²) in [5.74, 6) is 1.18. The summed E-state index contributed by atoms with van der Waals surface area (Å²) in [5.41, 5.74) is 3.75. The van der Waals surface area contributed by atoms with Crippen LogP contribution in [0.3, 0.4) is 0 Å². The number of benzene rings is 2. The topological polar surface area (TPSA) is 201 Å². The van der Waals surface area contributed by atoms with Gasteiger partial charge in [-0.1, -0.05) is 102 Å². The molecular formula is C56H98O17. The Balaban J connectivity index is 2.06. The summed E-state index contributed by atoms with van der Waals surface area (Å²) in [4.78, 5) is 0. The first-order chi connectivity index (χ1) is 36.1. The van der Waals surface area contributed by atoms with Crippen molar-refractivity contribution < 1.29 is 82.0 Å². The van der Waals surface area contributed by atoms with Crippen LogP contribution in [0.25, 0.3) is 0 Å². The minimum atomic E-state index is -0.664. The number of aliphatic hydroxyl groups excluding tert-OH is 4. The van der Waals surface area contributed by atoms with Crippen LogP contribution in [0.5, 0.6) is 11.5 Å². The largest absolute Gasteiger partial charge is 0.457 e. The molecule has 0 radical (unpaired) electrons. The molecule has 0 saturated heterocycles. The van der Waals surface area contributed by atoms with Gasteiger partial charge in [0.15, 0.2) is 0 Å². The van der Waals surface area contributed by atoms with Crippen molar-refractivity contribution in [1.82, 2.24) is 0 Å². The second-order valence-corrected chi connectivity index (χ2v) is 17.5. The number of hydrogen-bond donors (Lipinski definition) is 4. The zero-order valence-electron chi connectivity index (χ0n) is 45.0. The second-order valence-electron chi connectivity index (χ2n) is 17.5. The first-order valence-electron chi connectivity index (χ1n) is 27.5. The lowest BCUT2D eigenvalue weighted by atomic mass is 9.95. The highest BCUT2D eigenvalue weighted by Crippen LogP contribution is 2.40. The Morgan fingerprint density at radius 1 is 0.329 bits per heavy atom. The first-order valence-corrected chi connectivity index (χ1v) is 27.5. The standard InChI is InChI=1S/C56H98O17/c1-3-5-7-9-11-13-17-49-19-15-21-51(55(49)53(47-59)71-45-43-69-41-39-67-37-35-65-33-31-63-29-27-61-25-23-57)73-52-22-16-20-50(18-14-12-10-8-6-4-2)56(52)54(48-60)72-46-44-70-42-40-68-38-36-66-34-32-64-30-28-62-26-24-58/h15-16,19-22,53-54,57-60H,3-14,17-18,23-48H2,1-2H3. The van der Waals surface area contributed by atoms with E-state index < -0.39 is 12.2 Å². The van der Waals surface area contributed by atoms with Crippen LogP contribution >= 0.6 is 0 Å². The zero-order valence-corrected chi connectivity index (χ0v) is 45.0. The SMILES string of the molecule is CCCCCCCCc1cccc(Oc2cccc(CCCCCCCC)c2C(CO)OCCOCCOCCOCCOCCOCCO)c1C(CO)OCCOCCOCCOCCOCCOCCO. The predicted octanol–water partition coefficient (Wildman–Crippen LogP) is 7.54. The third-order valence-corrected chi connectivity index (χ3v) is 11.6. The molecule has 424 valence electrons. The Bertz CT molecular complexity index is 1380. The van der Waals surface area contributed by atoms with Gasteiger partial charge >= 0.3 is 0 Å². The number of rotatable bonds is 56. The average Bonchev–Trinajstić information content (AvgIpc) is 3.40. The van der Waals surface area contributed by atoms with Crippen molar-refractivity contribution in [2.45, 2.75) is 116 Å². The van der Waals surface area contributed by atoms with E-state index in [1.807, 2.05) is 24.3 Å². The van der Waals surface area contributed by atoms with Gasteiger partial charge in [-0.05, 0) is 48.9 Å². The van der Waals surface area contributed by atoms with E-state index in [9.17, 15) is 10.2 Å². The maximum atomic E-state index is 10.9. The molecule has 17 nitrogen and oxygen atoms in total. The minimum absolute atomic E-state index is 0.00146. The summed E-state index contributed by atoms with van der Waals surface area (Å²) >= 11 is 0. The third kappa shape index (κ3) is 34.8. The van der Waals surface area contributed by atoms with Crippen LogP contribution in [0.4, 0.5) is 0 Å². The average molecular weight is 1040 g/mol. The van der Waals surface area contributed by atoms with Gasteiger partial charge in [-0.2, -0.15) is 0 Å². The van der Waals surface area contributed by atoms with Crippen LogP contribution in [-0.4, -0.2) is 192 Å². The van der Waals surface area contributed by atoms with Crippen molar-refractivity contribution in [2.75, 3.05) is 172 Å². The van der Waals surface area contributed by atoms with Crippen molar-refractivity contribution in [2.24, 2.45) is 0 Å². The third-order valence-electron chi connectivity index (χ3n) is 11.6. The molecule has 0 amide bonds. The van der Waals surface area contributed by atoms with Crippen LogP contribution in [0, 0.1) is 0 Å². The number of aryl methyl sites for hydroxylation is 2. The molecule has 0 heterocycles. The molecule has 4 N–H and O–H groups in total. The van der Waals surface area contributed by atoms with Crippen molar-refractivity contribution >= 4 is 0 Å². The number of ether oxygens (including phenoxy) is 13. The number of aliphatic hydroxyl groups is 4. The summed E-state index contributed by atoms with van der Waals surface area (Å²) in [5, 5.41) is 39.3. The summed E-state index contributed by atoms with van der Waals surface area (Å²) < 4.78 is 74.9. The van der Waals surface area contributed by atoms with Gasteiger partial charge in [0.05, 0.1) is 172 Å². The van der Waals surface area contributed by atoms with Gasteiger partial charge in [0, 0.05) is 11.1 Å². The van der Waals surface area contributed by atoms with E-state index in [1.54, 1.807) is 0 Å². The normalized spacial score (nSPS) is 12.5. The lowest BCUT2D eigenvalue weighted by molar-refractivity contribution is -0.0376. The summed E-state index contributed by atoms with van der Waals surface area (Å²) in [6.45, 7) is 12.7. The van der Waals surface area contributed by atoms with Crippen molar-refractivity contribution in [3.8, 4) is 11.5 Å². The van der Waals surface area contributed by atoms with Crippen LogP contribution in [-0.2, 0) is 69.7 Å². The lowest BCUT2D eigenvalue weighted by Crippen LogP contribution is -2.18. The maximum absolute atomic E-state index is 10.9. The molecule has 0 aromatic heterocycles. The fourth-order valence-corrected chi connectivity index (χ4v) is 7.88. The molecular weight excluding hydrogens is 945 g/mol. The molecule has 0 aliphatic heterocycles. The molecule has 2 rings (SSSR count). The van der Waals surface area contributed by atoms with Crippen LogP contribution in [0.1, 0.15) is 125 Å². The molecule has 0 bridgehead atoms. The van der Waals surface area contributed by atoms with Gasteiger partial charge in [-0.3, -0.25) is 0 Å². The van der Waals surface area contributed by atoms with Gasteiger partial charge < -0.3 is 82.0 Å². The molecule has 0 spiro atoms. The van der Waals surface area contributed by atoms with Crippen LogP contribution < -0.4 is 4.74 Å². The highest BCUT2D eigenvalue weighted by atomic mass is 16.6. The van der Waals surface area contributed by atoms with E-state index in [4.69, 9.17) is 71.8 Å². The Hall–Kier alpha value is -2.40. The van der Waals surface area contributed by atoms with Crippen molar-refractivity contribution in [1.29, 1.82) is 0 Å². The molecule has 0 saturated carbocycles. The fourth-order valence-electron chi connectivity index (χ4n) is 7.88. The van der Waals surface area contributed by atoms with Gasteiger partial charge in [0.25, 0.3) is 0 Å². The summed E-state index contributed by atoms with van der Waals surface area (Å²) in [6.07, 6.45) is 14.2. The molecule has 2 atom stereocenters. The van der Waals surface area contributed by atoms with E-state index in [0.29, 0.717) is 144 Å². The smallest absolute Gasteiger partial charge is 0.133 e. The Morgan fingerprint density at radius 2 is 0.603 bits per heavy atom. The zero-order chi connectivity index (χ0) is 52.3. The number of hydrogen-bond acceptors (Lipinski definition) is 17. The molecule has 0 aliphatic carbocycles. The summed E-state index contributed by atoms with van der Waals surface area (Å²) in [6, 6.07) is 12.1. The van der Waals surface area contributed by atoms with E-state index in [1.165, 1.54) is 51.4 Å². The van der Waals surface area contributed by atoms with Crippen molar-refractivity contribution in [3.05, 3.63) is 58.7 Å². The minimum Gasteiger partial charge on any atom is -0.457 e. The molecule has 2 unspecified atom stereocenters. The van der Waals surface area contributed by atoms with Gasteiger partial charge in [-0.25, -0.2) is 0 Å². The molecule has 17 heteroatoms. The molecule has 73 heavy (non-hydrogen) atoms. The monoisotopic (exact) mass is 1040 g/mol. The van der Waals surface area contributed by atoms with Crippen LogP contribution in [0.15, 0.2) is 36.4 Å². The predicted molar refractivity (Wildman–Crippen MR) is 281 cm³/mol. The van der Waals surface area contributed by atoms with Gasteiger partial charge in [-0.15, -0.1) is 0 Å². The molecule has 2 aromatic rings. The fraction of sp³-hybridized carbons (Fsp3) is 0.786. The maximum Gasteiger partial charge on any atom is 0.133 e. The molecule has 2 aromatic carbocycles. The highest BCUT2D eigenvalue weighted by Gasteiger charge is 2.25. The molecule has 0 aliphatic rings. The van der Waals surface area contributed by atoms with E-state index >= 15 is 0 Å². The molecule has 0 fully saturated rings. The number of unbranched alkanes of at least 4 members (excludes halogenated alkanes) is 10. The Labute approximate surface area is 438 Å². The Morgan fingerprint density at radius 3 is 0.890 bits per heavy atom.